The van der Waals surface area contributed by atoms with Crippen LogP contribution < -0.4 is 10.1 Å². The SMILES string of the molecule is C=CCCCOc1nc(NC)nc2ccccc12. The first kappa shape index (κ1) is 12.4. The quantitative estimate of drug-likeness (QED) is 0.626. The molecular formula is C14H17N3O. The molecule has 18 heavy (non-hydrogen) atoms. The summed E-state index contributed by atoms with van der Waals surface area (Å²) in [7, 11) is 1.80. The van der Waals surface area contributed by atoms with Crippen LogP contribution in [0.25, 0.3) is 10.9 Å². The predicted molar refractivity (Wildman–Crippen MR) is 74.0 cm³/mol. The lowest BCUT2D eigenvalue weighted by molar-refractivity contribution is 0.304. The maximum Gasteiger partial charge on any atom is 0.226 e. The molecule has 1 aromatic carbocycles. The van der Waals surface area contributed by atoms with Crippen molar-refractivity contribution in [2.75, 3.05) is 19.0 Å². The monoisotopic (exact) mass is 243 g/mol. The maximum absolute atomic E-state index is 5.72. The number of fused-ring (bicyclic) bond motifs is 1. The van der Waals surface area contributed by atoms with E-state index in [-0.39, 0.29) is 0 Å². The summed E-state index contributed by atoms with van der Waals surface area (Å²) in [6, 6.07) is 7.84. The van der Waals surface area contributed by atoms with Crippen molar-refractivity contribution in [2.45, 2.75) is 12.8 Å². The summed E-state index contributed by atoms with van der Waals surface area (Å²) in [5.41, 5.74) is 0.885. The summed E-state index contributed by atoms with van der Waals surface area (Å²) in [6.45, 7) is 4.33. The Balaban J connectivity index is 2.26. The van der Waals surface area contributed by atoms with Crippen molar-refractivity contribution in [3.63, 3.8) is 0 Å². The second-order valence-electron chi connectivity index (χ2n) is 3.90. The van der Waals surface area contributed by atoms with Crippen LogP contribution in [-0.2, 0) is 0 Å². The fourth-order valence-corrected chi connectivity index (χ4v) is 1.67. The van der Waals surface area contributed by atoms with Gasteiger partial charge in [0, 0.05) is 7.05 Å². The van der Waals surface area contributed by atoms with E-state index in [2.05, 4.69) is 21.9 Å². The molecular weight excluding hydrogens is 226 g/mol. The van der Waals surface area contributed by atoms with Crippen molar-refractivity contribution in [1.29, 1.82) is 0 Å². The summed E-state index contributed by atoms with van der Waals surface area (Å²) in [4.78, 5) is 8.73. The Bertz CT molecular complexity index is 540. The molecule has 0 bridgehead atoms. The van der Waals surface area contributed by atoms with Gasteiger partial charge in [-0.3, -0.25) is 0 Å². The molecule has 0 atom stereocenters. The van der Waals surface area contributed by atoms with Crippen LogP contribution in [-0.4, -0.2) is 23.6 Å². The van der Waals surface area contributed by atoms with Gasteiger partial charge in [0.25, 0.3) is 0 Å². The molecule has 0 aliphatic heterocycles. The average molecular weight is 243 g/mol. The van der Waals surface area contributed by atoms with Gasteiger partial charge >= 0.3 is 0 Å². The molecule has 2 aromatic rings. The van der Waals surface area contributed by atoms with E-state index >= 15 is 0 Å². The van der Waals surface area contributed by atoms with E-state index in [0.29, 0.717) is 18.4 Å². The second kappa shape index (κ2) is 6.00. The first-order valence-electron chi connectivity index (χ1n) is 6.03. The Hall–Kier alpha value is -2.10. The van der Waals surface area contributed by atoms with Gasteiger partial charge in [-0.2, -0.15) is 4.98 Å². The second-order valence-corrected chi connectivity index (χ2v) is 3.90. The molecule has 0 aliphatic rings. The summed E-state index contributed by atoms with van der Waals surface area (Å²) in [6.07, 6.45) is 3.78. The number of nitrogens with zero attached hydrogens (tertiary/aromatic N) is 2. The molecule has 0 amide bonds. The number of benzene rings is 1. The van der Waals surface area contributed by atoms with Crippen molar-refractivity contribution in [3.05, 3.63) is 36.9 Å². The summed E-state index contributed by atoms with van der Waals surface area (Å²) >= 11 is 0. The molecule has 1 heterocycles. The third kappa shape index (κ3) is 2.77. The van der Waals surface area contributed by atoms with E-state index in [4.69, 9.17) is 4.74 Å². The maximum atomic E-state index is 5.72. The minimum atomic E-state index is 0.576. The van der Waals surface area contributed by atoms with Crippen LogP contribution in [0.5, 0.6) is 5.88 Å². The molecule has 2 rings (SSSR count). The van der Waals surface area contributed by atoms with E-state index in [1.54, 1.807) is 7.05 Å². The summed E-state index contributed by atoms with van der Waals surface area (Å²) in [5, 5.41) is 3.88. The van der Waals surface area contributed by atoms with Gasteiger partial charge in [0.15, 0.2) is 0 Å². The number of para-hydroxylation sites is 1. The van der Waals surface area contributed by atoms with Crippen molar-refractivity contribution < 1.29 is 4.74 Å². The summed E-state index contributed by atoms with van der Waals surface area (Å²) in [5.74, 6) is 1.21. The number of unbranched alkanes of at least 4 members (excludes halogenated alkanes) is 1. The number of allylic oxidation sites excluding steroid dienone is 1. The van der Waals surface area contributed by atoms with E-state index in [9.17, 15) is 0 Å². The highest BCUT2D eigenvalue weighted by molar-refractivity contribution is 5.84. The number of aromatic nitrogens is 2. The van der Waals surface area contributed by atoms with Crippen LogP contribution in [0.4, 0.5) is 5.95 Å². The van der Waals surface area contributed by atoms with E-state index in [1.165, 1.54) is 0 Å². The Morgan fingerprint density at radius 1 is 1.33 bits per heavy atom. The number of hydrogen-bond acceptors (Lipinski definition) is 4. The number of anilines is 1. The largest absolute Gasteiger partial charge is 0.477 e. The standard InChI is InChI=1S/C14H17N3O/c1-3-4-7-10-18-13-11-8-5-6-9-12(11)16-14(15-2)17-13/h3,5-6,8-9H,1,4,7,10H2,2H3,(H,15,16,17). The molecule has 0 fully saturated rings. The Morgan fingerprint density at radius 3 is 2.94 bits per heavy atom. The van der Waals surface area contributed by atoms with Crippen LogP contribution in [0.15, 0.2) is 36.9 Å². The molecule has 4 nitrogen and oxygen atoms in total. The Labute approximate surface area is 107 Å². The van der Waals surface area contributed by atoms with Crippen LogP contribution in [0.2, 0.25) is 0 Å². The van der Waals surface area contributed by atoms with Crippen molar-refractivity contribution in [1.82, 2.24) is 9.97 Å². The van der Waals surface area contributed by atoms with Crippen LogP contribution >= 0.6 is 0 Å². The average Bonchev–Trinajstić information content (AvgIpc) is 2.43. The fraction of sp³-hybridized carbons (Fsp3) is 0.286. The van der Waals surface area contributed by atoms with Gasteiger partial charge in [-0.15, -0.1) is 6.58 Å². The van der Waals surface area contributed by atoms with Gasteiger partial charge in [-0.25, -0.2) is 4.98 Å². The van der Waals surface area contributed by atoms with Crippen LogP contribution in [0, 0.1) is 0 Å². The van der Waals surface area contributed by atoms with E-state index in [0.717, 1.165) is 23.7 Å². The lowest BCUT2D eigenvalue weighted by Crippen LogP contribution is -2.03. The highest BCUT2D eigenvalue weighted by Gasteiger charge is 2.07. The zero-order valence-electron chi connectivity index (χ0n) is 10.5. The topological polar surface area (TPSA) is 47.0 Å². The molecule has 0 aliphatic carbocycles. The van der Waals surface area contributed by atoms with E-state index in [1.807, 2.05) is 30.3 Å². The lowest BCUT2D eigenvalue weighted by atomic mass is 10.2. The molecule has 94 valence electrons. The van der Waals surface area contributed by atoms with Crippen molar-refractivity contribution in [3.8, 4) is 5.88 Å². The van der Waals surface area contributed by atoms with E-state index < -0.39 is 0 Å². The van der Waals surface area contributed by atoms with Gasteiger partial charge in [0.05, 0.1) is 17.5 Å². The fourth-order valence-electron chi connectivity index (χ4n) is 1.67. The first-order valence-corrected chi connectivity index (χ1v) is 6.03. The number of ether oxygens (including phenoxy) is 1. The highest BCUT2D eigenvalue weighted by atomic mass is 16.5. The Kier molecular flexibility index (Phi) is 4.12. The smallest absolute Gasteiger partial charge is 0.226 e. The third-order valence-electron chi connectivity index (χ3n) is 2.58. The zero-order chi connectivity index (χ0) is 12.8. The van der Waals surface area contributed by atoms with Gasteiger partial charge in [0.2, 0.25) is 11.8 Å². The number of rotatable bonds is 6. The molecule has 0 unspecified atom stereocenters. The van der Waals surface area contributed by atoms with Gasteiger partial charge < -0.3 is 10.1 Å². The van der Waals surface area contributed by atoms with Crippen LogP contribution in [0.1, 0.15) is 12.8 Å². The lowest BCUT2D eigenvalue weighted by Gasteiger charge is -2.09. The van der Waals surface area contributed by atoms with Crippen LogP contribution in [0.3, 0.4) is 0 Å². The highest BCUT2D eigenvalue weighted by Crippen LogP contribution is 2.23. The summed E-state index contributed by atoms with van der Waals surface area (Å²) < 4.78 is 5.72. The normalized spacial score (nSPS) is 10.3. The van der Waals surface area contributed by atoms with Crippen molar-refractivity contribution >= 4 is 16.9 Å². The molecule has 0 radical (unpaired) electrons. The molecule has 0 spiro atoms. The third-order valence-corrected chi connectivity index (χ3v) is 2.58. The van der Waals surface area contributed by atoms with Gasteiger partial charge in [-0.1, -0.05) is 18.2 Å². The molecule has 1 aromatic heterocycles. The van der Waals surface area contributed by atoms with Gasteiger partial charge in [-0.05, 0) is 25.0 Å². The molecule has 4 heteroatoms. The molecule has 1 N–H and O–H groups in total. The van der Waals surface area contributed by atoms with Crippen molar-refractivity contribution in [2.24, 2.45) is 0 Å². The molecule has 0 saturated heterocycles. The van der Waals surface area contributed by atoms with Gasteiger partial charge in [0.1, 0.15) is 0 Å². The minimum absolute atomic E-state index is 0.576. The first-order chi connectivity index (χ1) is 8.85. The minimum Gasteiger partial charge on any atom is -0.477 e. The number of hydrogen-bond donors (Lipinski definition) is 1. The molecule has 0 saturated carbocycles. The Morgan fingerprint density at radius 2 is 2.17 bits per heavy atom. The predicted octanol–water partition coefficient (Wildman–Crippen LogP) is 3.02. The number of nitrogens with one attached hydrogen (secondary N) is 1. The zero-order valence-corrected chi connectivity index (χ0v) is 10.5.